The first-order valence-electron chi connectivity index (χ1n) is 8.67. The van der Waals surface area contributed by atoms with Crippen LogP contribution < -0.4 is 4.74 Å². The van der Waals surface area contributed by atoms with Crippen molar-refractivity contribution in [2.45, 2.75) is 6.54 Å². The number of aromatic nitrogens is 6. The summed E-state index contributed by atoms with van der Waals surface area (Å²) in [4.78, 5) is 16.6. The van der Waals surface area contributed by atoms with E-state index in [4.69, 9.17) is 16.3 Å². The van der Waals surface area contributed by atoms with Crippen LogP contribution in [0.5, 0.6) is 5.75 Å². The van der Waals surface area contributed by atoms with Gasteiger partial charge in [-0.25, -0.2) is 9.97 Å². The number of hydrogen-bond acceptors (Lipinski definition) is 5. The predicted molar refractivity (Wildman–Crippen MR) is 108 cm³/mol. The molecule has 0 aliphatic heterocycles. The molecular formula is C20H15ClN6O. The maximum Gasteiger partial charge on any atom is 0.163 e. The van der Waals surface area contributed by atoms with Crippen molar-refractivity contribution in [3.63, 3.8) is 0 Å². The number of aromatic amines is 1. The lowest BCUT2D eigenvalue weighted by Crippen LogP contribution is -1.99. The van der Waals surface area contributed by atoms with Gasteiger partial charge in [0.25, 0.3) is 0 Å². The molecule has 138 valence electrons. The van der Waals surface area contributed by atoms with Gasteiger partial charge in [0.1, 0.15) is 16.8 Å². The molecular weight excluding hydrogens is 376 g/mol. The summed E-state index contributed by atoms with van der Waals surface area (Å²) in [6.45, 7) is 0.599. The topological polar surface area (TPSA) is 81.5 Å². The highest BCUT2D eigenvalue weighted by molar-refractivity contribution is 6.33. The van der Waals surface area contributed by atoms with Crippen molar-refractivity contribution in [2.75, 3.05) is 7.11 Å². The SMILES string of the molecule is COc1ccc(Cn2cc3nc(-c4cnc5cc[nH]c5c4)nc(Cl)c3n2)cc1. The monoisotopic (exact) mass is 390 g/mol. The van der Waals surface area contributed by atoms with Crippen molar-refractivity contribution in [2.24, 2.45) is 0 Å². The van der Waals surface area contributed by atoms with Crippen LogP contribution in [0.25, 0.3) is 33.5 Å². The molecule has 0 saturated heterocycles. The maximum atomic E-state index is 6.39. The minimum atomic E-state index is 0.320. The van der Waals surface area contributed by atoms with E-state index in [-0.39, 0.29) is 0 Å². The van der Waals surface area contributed by atoms with E-state index in [0.717, 1.165) is 27.9 Å². The number of methoxy groups -OCH3 is 1. The van der Waals surface area contributed by atoms with Gasteiger partial charge in [0, 0.05) is 18.0 Å². The molecule has 28 heavy (non-hydrogen) atoms. The fourth-order valence-corrected chi connectivity index (χ4v) is 3.32. The summed E-state index contributed by atoms with van der Waals surface area (Å²) >= 11 is 6.39. The van der Waals surface area contributed by atoms with Gasteiger partial charge in [-0.3, -0.25) is 9.67 Å². The zero-order valence-corrected chi connectivity index (χ0v) is 15.7. The van der Waals surface area contributed by atoms with Crippen LogP contribution in [0.2, 0.25) is 5.15 Å². The molecule has 0 fully saturated rings. The molecule has 1 N–H and O–H groups in total. The van der Waals surface area contributed by atoms with Gasteiger partial charge in [-0.1, -0.05) is 23.7 Å². The lowest BCUT2D eigenvalue weighted by Gasteiger charge is -2.03. The highest BCUT2D eigenvalue weighted by atomic mass is 35.5. The minimum absolute atomic E-state index is 0.320. The second-order valence-corrected chi connectivity index (χ2v) is 6.74. The van der Waals surface area contributed by atoms with E-state index in [1.807, 2.05) is 53.5 Å². The Morgan fingerprint density at radius 2 is 1.96 bits per heavy atom. The number of nitrogens with one attached hydrogen (secondary N) is 1. The number of hydrogen-bond donors (Lipinski definition) is 1. The first-order valence-corrected chi connectivity index (χ1v) is 9.04. The number of rotatable bonds is 4. The Balaban J connectivity index is 1.51. The average Bonchev–Trinajstić information content (AvgIpc) is 3.34. The first kappa shape index (κ1) is 16.7. The lowest BCUT2D eigenvalue weighted by atomic mass is 10.2. The molecule has 0 amide bonds. The normalized spacial score (nSPS) is 11.4. The van der Waals surface area contributed by atoms with Gasteiger partial charge in [0.05, 0.1) is 30.9 Å². The van der Waals surface area contributed by atoms with Crippen LogP contribution in [0.1, 0.15) is 5.56 Å². The molecule has 7 nitrogen and oxygen atoms in total. The molecule has 5 rings (SSSR count). The van der Waals surface area contributed by atoms with Gasteiger partial charge < -0.3 is 9.72 Å². The summed E-state index contributed by atoms with van der Waals surface area (Å²) in [5.41, 5.74) is 4.97. The Morgan fingerprint density at radius 1 is 1.11 bits per heavy atom. The van der Waals surface area contributed by atoms with Gasteiger partial charge in [0.2, 0.25) is 0 Å². The van der Waals surface area contributed by atoms with E-state index in [0.29, 0.717) is 28.6 Å². The van der Waals surface area contributed by atoms with Crippen molar-refractivity contribution in [3.8, 4) is 17.1 Å². The molecule has 0 atom stereocenters. The molecule has 0 unspecified atom stereocenters. The molecule has 0 spiro atoms. The third kappa shape index (κ3) is 2.95. The highest BCUT2D eigenvalue weighted by Crippen LogP contribution is 2.25. The number of fused-ring (bicyclic) bond motifs is 2. The lowest BCUT2D eigenvalue weighted by molar-refractivity contribution is 0.414. The average molecular weight is 391 g/mol. The molecule has 0 aliphatic rings. The van der Waals surface area contributed by atoms with Gasteiger partial charge in [-0.15, -0.1) is 0 Å². The maximum absolute atomic E-state index is 6.39. The van der Waals surface area contributed by atoms with E-state index in [1.165, 1.54) is 0 Å². The molecule has 4 heterocycles. The zero-order valence-electron chi connectivity index (χ0n) is 14.9. The number of nitrogens with zero attached hydrogens (tertiary/aromatic N) is 5. The van der Waals surface area contributed by atoms with Gasteiger partial charge >= 0.3 is 0 Å². The predicted octanol–water partition coefficient (Wildman–Crippen LogP) is 4.08. The number of halogens is 1. The van der Waals surface area contributed by atoms with E-state index in [1.54, 1.807) is 13.3 Å². The Labute approximate surface area is 165 Å². The molecule has 8 heteroatoms. The number of ether oxygens (including phenoxy) is 1. The molecule has 0 saturated carbocycles. The smallest absolute Gasteiger partial charge is 0.163 e. The zero-order chi connectivity index (χ0) is 19.1. The third-order valence-electron chi connectivity index (χ3n) is 4.53. The Morgan fingerprint density at radius 3 is 2.79 bits per heavy atom. The molecule has 4 aromatic heterocycles. The van der Waals surface area contributed by atoms with Gasteiger partial charge in [-0.2, -0.15) is 5.10 Å². The second-order valence-electron chi connectivity index (χ2n) is 6.38. The highest BCUT2D eigenvalue weighted by Gasteiger charge is 2.13. The number of pyridine rings is 1. The molecule has 0 bridgehead atoms. The Hall–Kier alpha value is -3.45. The van der Waals surface area contributed by atoms with Crippen LogP contribution in [-0.4, -0.2) is 36.8 Å². The summed E-state index contributed by atoms with van der Waals surface area (Å²) in [5, 5.41) is 4.85. The number of H-pyrrole nitrogens is 1. The van der Waals surface area contributed by atoms with E-state index < -0.39 is 0 Å². The fraction of sp³-hybridized carbons (Fsp3) is 0.100. The van der Waals surface area contributed by atoms with E-state index >= 15 is 0 Å². The molecule has 0 aliphatic carbocycles. The van der Waals surface area contributed by atoms with E-state index in [2.05, 4.69) is 25.0 Å². The summed E-state index contributed by atoms with van der Waals surface area (Å²) < 4.78 is 7.00. The summed E-state index contributed by atoms with van der Waals surface area (Å²) in [6, 6.07) is 11.7. The van der Waals surface area contributed by atoms with Crippen molar-refractivity contribution in [1.82, 2.24) is 29.7 Å². The van der Waals surface area contributed by atoms with E-state index in [9.17, 15) is 0 Å². The third-order valence-corrected chi connectivity index (χ3v) is 4.79. The summed E-state index contributed by atoms with van der Waals surface area (Å²) in [7, 11) is 1.65. The van der Waals surface area contributed by atoms with Crippen LogP contribution in [-0.2, 0) is 6.54 Å². The standard InChI is InChI=1S/C20H15ClN6O/c1-28-14-4-2-12(3-5-14)10-27-11-17-18(26-27)19(21)25-20(24-17)13-8-16-15(23-9-13)6-7-22-16/h2-9,11,22H,10H2,1H3. The Bertz CT molecular complexity index is 1290. The van der Waals surface area contributed by atoms with Crippen LogP contribution in [0, 0.1) is 0 Å². The van der Waals surface area contributed by atoms with Crippen molar-refractivity contribution >= 4 is 33.7 Å². The van der Waals surface area contributed by atoms with Crippen molar-refractivity contribution in [3.05, 3.63) is 65.7 Å². The molecule has 5 aromatic rings. The van der Waals surface area contributed by atoms with Crippen molar-refractivity contribution in [1.29, 1.82) is 0 Å². The largest absolute Gasteiger partial charge is 0.497 e. The number of benzene rings is 1. The summed E-state index contributed by atoms with van der Waals surface area (Å²) in [5.74, 6) is 1.34. The molecule has 0 radical (unpaired) electrons. The van der Waals surface area contributed by atoms with Crippen LogP contribution in [0.3, 0.4) is 0 Å². The fourth-order valence-electron chi connectivity index (χ4n) is 3.11. The second kappa shape index (κ2) is 6.61. The minimum Gasteiger partial charge on any atom is -0.497 e. The van der Waals surface area contributed by atoms with Gasteiger partial charge in [-0.05, 0) is 29.8 Å². The summed E-state index contributed by atoms with van der Waals surface area (Å²) in [6.07, 6.45) is 5.47. The van der Waals surface area contributed by atoms with Crippen molar-refractivity contribution < 1.29 is 4.74 Å². The van der Waals surface area contributed by atoms with Crippen LogP contribution in [0.15, 0.2) is 55.0 Å². The van der Waals surface area contributed by atoms with Crippen LogP contribution >= 0.6 is 11.6 Å². The Kier molecular flexibility index (Phi) is 3.95. The quantitative estimate of drug-likeness (QED) is 0.467. The molecule has 1 aromatic carbocycles. The van der Waals surface area contributed by atoms with Crippen LogP contribution in [0.4, 0.5) is 0 Å². The first-order chi connectivity index (χ1) is 13.7. The van der Waals surface area contributed by atoms with Gasteiger partial charge in [0.15, 0.2) is 11.0 Å².